The van der Waals surface area contributed by atoms with E-state index in [9.17, 15) is 28.8 Å². The molecule has 2 aromatic heterocycles. The van der Waals surface area contributed by atoms with Gasteiger partial charge in [-0.2, -0.15) is 0 Å². The van der Waals surface area contributed by atoms with Gasteiger partial charge < -0.3 is 25.3 Å². The second kappa shape index (κ2) is 18.7. The Morgan fingerprint density at radius 2 is 1.69 bits per heavy atom. The Morgan fingerprint density at radius 3 is 2.38 bits per heavy atom. The molecule has 3 aliphatic heterocycles. The zero-order valence-electron chi connectivity index (χ0n) is 36.9. The molecule has 2 aromatic carbocycles. The van der Waals surface area contributed by atoms with Gasteiger partial charge in [-0.25, -0.2) is 9.18 Å². The molecule has 15 nitrogen and oxygen atoms in total. The number of rotatable bonds is 12. The molecule has 1 aliphatic carbocycles. The van der Waals surface area contributed by atoms with E-state index in [2.05, 4.69) is 30.7 Å². The molecule has 5 amide bonds. The van der Waals surface area contributed by atoms with Crippen molar-refractivity contribution in [2.75, 3.05) is 60.2 Å². The van der Waals surface area contributed by atoms with Gasteiger partial charge in [0.05, 0.1) is 40.4 Å². The minimum absolute atomic E-state index is 0.00186. The minimum Gasteiger partial charge on any atom is -0.370 e. The summed E-state index contributed by atoms with van der Waals surface area (Å²) in [5, 5.41) is 8.47. The van der Waals surface area contributed by atoms with Crippen LogP contribution in [0.1, 0.15) is 84.3 Å². The van der Waals surface area contributed by atoms with E-state index in [1.807, 2.05) is 12.3 Å². The molecule has 1 saturated carbocycles. The molecular formula is C48H56FN9O6. The molecule has 1 unspecified atom stereocenters. The monoisotopic (exact) mass is 873 g/mol. The van der Waals surface area contributed by atoms with Crippen molar-refractivity contribution >= 4 is 64.3 Å². The molecule has 5 heterocycles. The fourth-order valence-corrected chi connectivity index (χ4v) is 9.36. The number of aromatic nitrogens is 2. The Balaban J connectivity index is 0.920. The molecule has 4 fully saturated rings. The summed E-state index contributed by atoms with van der Waals surface area (Å²) in [6.07, 6.45) is 10.0. The second-order valence-electron chi connectivity index (χ2n) is 17.8. The van der Waals surface area contributed by atoms with Crippen molar-refractivity contribution in [2.45, 2.75) is 77.2 Å². The third-order valence-electron chi connectivity index (χ3n) is 13.3. The summed E-state index contributed by atoms with van der Waals surface area (Å²) in [6.45, 7) is 7.63. The number of aryl methyl sites for hydroxylation is 1. The van der Waals surface area contributed by atoms with E-state index in [0.717, 1.165) is 69.7 Å². The van der Waals surface area contributed by atoms with E-state index in [0.29, 0.717) is 54.8 Å². The Labute approximate surface area is 372 Å². The first-order chi connectivity index (χ1) is 30.8. The lowest BCUT2D eigenvalue weighted by atomic mass is 9.90. The van der Waals surface area contributed by atoms with Gasteiger partial charge in [0, 0.05) is 69.6 Å². The summed E-state index contributed by atoms with van der Waals surface area (Å²) in [5.41, 5.74) is 3.15. The van der Waals surface area contributed by atoms with Crippen LogP contribution in [0, 0.1) is 31.5 Å². The Hall–Kier alpha value is -6.42. The van der Waals surface area contributed by atoms with Crippen LogP contribution in [0.3, 0.4) is 0 Å². The third-order valence-corrected chi connectivity index (χ3v) is 13.3. The maximum absolute atomic E-state index is 15.1. The SMILES string of the molecule is Cc1ccc(Nc2c(C=O)c(N(C(=O)N(C)C3CC3)c3cccc(NC(=O)C4CCN(CC5CCN(c6cncc(C7CCC(=O)NC7=O)c6)CC5)CC4)c3)c(C)c(=O)n2C)c(F)c1. The van der Waals surface area contributed by atoms with E-state index >= 15 is 4.39 Å². The molecular weight excluding hydrogens is 818 g/mol. The highest BCUT2D eigenvalue weighted by molar-refractivity contribution is 6.07. The number of hydrogen-bond donors (Lipinski definition) is 3. The standard InChI is InChI=1S/C48H56FN9O6/c1-29-8-12-41(40(49)22-29)52-44-39(28-59)43(30(2)47(63)55(44)4)58(48(64)54(3)35-9-10-35)36-7-5-6-34(24-36)51-45(61)32-16-18-56(19-17-32)27-31-14-20-57(21-15-31)37-23-33(25-50-26-37)38-11-13-42(60)53-46(38)62/h5-8,12,22-26,28,31-32,35,38,52H,9-11,13-21,27H2,1-4H3,(H,51,61)(H,53,60,62). The molecule has 16 heteroatoms. The number of urea groups is 1. The zero-order chi connectivity index (χ0) is 45.2. The van der Waals surface area contributed by atoms with Gasteiger partial charge in [-0.15, -0.1) is 0 Å². The van der Waals surface area contributed by atoms with Crippen molar-refractivity contribution in [2.24, 2.45) is 18.9 Å². The molecule has 3 saturated heterocycles. The number of aldehydes is 1. The van der Waals surface area contributed by atoms with Gasteiger partial charge in [-0.3, -0.25) is 43.7 Å². The van der Waals surface area contributed by atoms with Crippen LogP contribution in [0.15, 0.2) is 65.7 Å². The average molecular weight is 874 g/mol. The fraction of sp³-hybridized carbons (Fsp3) is 0.438. The molecule has 8 rings (SSSR count). The van der Waals surface area contributed by atoms with Crippen LogP contribution in [0.2, 0.25) is 0 Å². The number of carbonyl (C=O) groups is 5. The Bertz CT molecular complexity index is 2530. The summed E-state index contributed by atoms with van der Waals surface area (Å²) in [6, 6.07) is 13.0. The van der Waals surface area contributed by atoms with Gasteiger partial charge in [0.2, 0.25) is 17.7 Å². The number of benzene rings is 2. The summed E-state index contributed by atoms with van der Waals surface area (Å²) in [4.78, 5) is 91.4. The predicted octanol–water partition coefficient (Wildman–Crippen LogP) is 6.53. The van der Waals surface area contributed by atoms with Crippen molar-refractivity contribution in [3.8, 4) is 0 Å². The van der Waals surface area contributed by atoms with Gasteiger partial charge >= 0.3 is 6.03 Å². The highest BCUT2D eigenvalue weighted by Gasteiger charge is 2.37. The number of hydrogen-bond acceptors (Lipinski definition) is 10. The lowest BCUT2D eigenvalue weighted by molar-refractivity contribution is -0.134. The van der Waals surface area contributed by atoms with E-state index in [-0.39, 0.29) is 63.9 Å². The van der Waals surface area contributed by atoms with Crippen molar-refractivity contribution in [1.29, 1.82) is 0 Å². The molecule has 1 atom stereocenters. The minimum atomic E-state index is -0.564. The van der Waals surface area contributed by atoms with Crippen LogP contribution in [0.4, 0.5) is 43.4 Å². The van der Waals surface area contributed by atoms with E-state index < -0.39 is 17.4 Å². The maximum Gasteiger partial charge on any atom is 0.329 e. The number of pyridine rings is 2. The molecule has 336 valence electrons. The highest BCUT2D eigenvalue weighted by atomic mass is 19.1. The van der Waals surface area contributed by atoms with Crippen molar-refractivity contribution < 1.29 is 28.4 Å². The quantitative estimate of drug-likeness (QED) is 0.105. The van der Waals surface area contributed by atoms with E-state index in [1.54, 1.807) is 62.3 Å². The van der Waals surface area contributed by atoms with Crippen LogP contribution >= 0.6 is 0 Å². The number of nitrogens with zero attached hydrogens (tertiary/aromatic N) is 6. The zero-order valence-corrected chi connectivity index (χ0v) is 36.9. The number of carbonyl (C=O) groups excluding carboxylic acids is 5. The van der Waals surface area contributed by atoms with Gasteiger partial charge in [-0.05, 0) is 125 Å². The summed E-state index contributed by atoms with van der Waals surface area (Å²) < 4.78 is 16.3. The van der Waals surface area contributed by atoms with E-state index in [1.165, 1.54) is 28.6 Å². The molecule has 0 spiro atoms. The lowest BCUT2D eigenvalue weighted by Gasteiger charge is -2.38. The summed E-state index contributed by atoms with van der Waals surface area (Å²) in [5.74, 6) is -1.19. The van der Waals surface area contributed by atoms with Crippen molar-refractivity contribution in [1.82, 2.24) is 24.7 Å². The number of amides is 5. The predicted molar refractivity (Wildman–Crippen MR) is 243 cm³/mol. The smallest absolute Gasteiger partial charge is 0.329 e. The number of halogens is 1. The molecule has 4 aliphatic rings. The molecule has 64 heavy (non-hydrogen) atoms. The number of piperidine rings is 3. The normalized spacial score (nSPS) is 18.6. The average Bonchev–Trinajstić information content (AvgIpc) is 4.14. The first-order valence-electron chi connectivity index (χ1n) is 22.2. The van der Waals surface area contributed by atoms with Crippen molar-refractivity contribution in [3.63, 3.8) is 0 Å². The first-order valence-corrected chi connectivity index (χ1v) is 22.2. The van der Waals surface area contributed by atoms with Gasteiger partial charge in [0.1, 0.15) is 11.6 Å². The number of likely N-dealkylation sites (tertiary alicyclic amines) is 1. The molecule has 0 radical (unpaired) electrons. The number of anilines is 6. The van der Waals surface area contributed by atoms with Gasteiger partial charge in [-0.1, -0.05) is 12.1 Å². The molecule has 4 aromatic rings. The highest BCUT2D eigenvalue weighted by Crippen LogP contribution is 2.39. The molecule has 0 bridgehead atoms. The van der Waals surface area contributed by atoms with Gasteiger partial charge in [0.15, 0.2) is 6.29 Å². The first kappa shape index (κ1) is 44.2. The Morgan fingerprint density at radius 1 is 0.938 bits per heavy atom. The number of nitrogens with one attached hydrogen (secondary N) is 3. The van der Waals surface area contributed by atoms with Crippen LogP contribution in [-0.4, -0.2) is 95.2 Å². The number of imide groups is 1. The van der Waals surface area contributed by atoms with Crippen LogP contribution in [0.5, 0.6) is 0 Å². The third kappa shape index (κ3) is 9.42. The lowest BCUT2D eigenvalue weighted by Crippen LogP contribution is -2.43. The summed E-state index contributed by atoms with van der Waals surface area (Å²) >= 11 is 0. The summed E-state index contributed by atoms with van der Waals surface area (Å²) in [7, 11) is 3.18. The van der Waals surface area contributed by atoms with Crippen LogP contribution in [0.25, 0.3) is 0 Å². The second-order valence-corrected chi connectivity index (χ2v) is 17.8. The van der Waals surface area contributed by atoms with Crippen LogP contribution < -0.4 is 31.3 Å². The van der Waals surface area contributed by atoms with E-state index in [4.69, 9.17) is 0 Å². The maximum atomic E-state index is 15.1. The Kier molecular flexibility index (Phi) is 12.9. The largest absolute Gasteiger partial charge is 0.370 e. The fourth-order valence-electron chi connectivity index (χ4n) is 9.36. The van der Waals surface area contributed by atoms with Crippen LogP contribution in [-0.2, 0) is 21.4 Å². The topological polar surface area (TPSA) is 169 Å². The van der Waals surface area contributed by atoms with Gasteiger partial charge in [0.25, 0.3) is 5.56 Å². The molecule has 3 N–H and O–H groups in total. The van der Waals surface area contributed by atoms with Crippen molar-refractivity contribution in [3.05, 3.63) is 99.3 Å².